The molecule has 1 aromatic carbocycles. The fourth-order valence-electron chi connectivity index (χ4n) is 3.18. The molecule has 12 nitrogen and oxygen atoms in total. The Bertz CT molecular complexity index is 695. The summed E-state index contributed by atoms with van der Waals surface area (Å²) in [6.45, 7) is 12.7. The number of esters is 1. The summed E-state index contributed by atoms with van der Waals surface area (Å²) in [7, 11) is 0. The number of hydrogen-bond donors (Lipinski definition) is 0. The van der Waals surface area contributed by atoms with Gasteiger partial charge in [-0.05, 0) is 18.6 Å². The molecule has 0 bridgehead atoms. The van der Waals surface area contributed by atoms with Gasteiger partial charge in [-0.15, -0.1) is 0 Å². The van der Waals surface area contributed by atoms with Crippen molar-refractivity contribution in [2.45, 2.75) is 19.8 Å². The average molecular weight is 619 g/mol. The zero-order valence-corrected chi connectivity index (χ0v) is 26.0. The van der Waals surface area contributed by atoms with Crippen molar-refractivity contribution in [3.8, 4) is 0 Å². The van der Waals surface area contributed by atoms with E-state index in [1.165, 1.54) is 0 Å². The number of ether oxygens (including phenoxy) is 11. The van der Waals surface area contributed by atoms with Crippen LogP contribution in [0, 0.1) is 0 Å². The van der Waals surface area contributed by atoms with Crippen LogP contribution in [-0.4, -0.2) is 145 Å². The summed E-state index contributed by atoms with van der Waals surface area (Å²) in [6, 6.07) is 8.86. The predicted molar refractivity (Wildman–Crippen MR) is 160 cm³/mol. The second kappa shape index (κ2) is 33.2. The zero-order valence-electron chi connectivity index (χ0n) is 26.0. The van der Waals surface area contributed by atoms with E-state index >= 15 is 0 Å². The highest BCUT2D eigenvalue weighted by molar-refractivity contribution is 5.89. The van der Waals surface area contributed by atoms with Gasteiger partial charge in [0.2, 0.25) is 0 Å². The van der Waals surface area contributed by atoms with E-state index in [1.54, 1.807) is 24.3 Å². The molecule has 1 aromatic rings. The molecule has 0 saturated carbocycles. The first-order chi connectivity index (χ1) is 21.3. The maximum Gasteiger partial charge on any atom is 0.338 e. The van der Waals surface area contributed by atoms with Crippen molar-refractivity contribution in [2.24, 2.45) is 0 Å². The van der Waals surface area contributed by atoms with Crippen LogP contribution >= 0.6 is 0 Å². The first kappa shape index (κ1) is 39.3. The number of rotatable bonds is 34. The Hall–Kier alpha value is -1.71. The Kier molecular flexibility index (Phi) is 30.3. The molecule has 43 heavy (non-hydrogen) atoms. The molecule has 250 valence electrons. The van der Waals surface area contributed by atoms with Gasteiger partial charge >= 0.3 is 5.97 Å². The topological polar surface area (TPSA) is 119 Å². The molecule has 0 heterocycles. The Balaban J connectivity index is 1.64. The van der Waals surface area contributed by atoms with Crippen LogP contribution in [-0.2, 0) is 52.1 Å². The molecule has 1 rings (SSSR count). The summed E-state index contributed by atoms with van der Waals surface area (Å²) >= 11 is 0. The minimum absolute atomic E-state index is 0.205. The van der Waals surface area contributed by atoms with E-state index in [1.807, 2.05) is 6.07 Å². The highest BCUT2D eigenvalue weighted by Gasteiger charge is 2.05. The summed E-state index contributed by atoms with van der Waals surface area (Å²) in [5.41, 5.74) is 0.527. The number of carbonyl (C=O) groups excluding carboxylic acids is 1. The van der Waals surface area contributed by atoms with Crippen molar-refractivity contribution in [1.82, 2.24) is 0 Å². The Morgan fingerprint density at radius 1 is 0.419 bits per heavy atom. The molecule has 0 aliphatic rings. The molecule has 0 N–H and O–H groups in total. The fraction of sp³-hybridized carbons (Fsp3) is 0.774. The molecular weight excluding hydrogens is 564 g/mol. The van der Waals surface area contributed by atoms with Gasteiger partial charge in [-0.2, -0.15) is 0 Å². The SMILES string of the molecule is CCCCOCCOCCOCCOCCOCCOCCOCCOCCOCCOCCOC(=O)c1ccccc1. The third kappa shape index (κ3) is 28.8. The van der Waals surface area contributed by atoms with Crippen LogP contribution in [0.2, 0.25) is 0 Å². The van der Waals surface area contributed by atoms with Gasteiger partial charge in [-0.1, -0.05) is 31.5 Å². The van der Waals surface area contributed by atoms with Crippen LogP contribution in [0.25, 0.3) is 0 Å². The molecule has 0 aromatic heterocycles. The summed E-state index contributed by atoms with van der Waals surface area (Å²) in [5, 5.41) is 0. The van der Waals surface area contributed by atoms with Crippen molar-refractivity contribution < 1.29 is 56.9 Å². The molecule has 0 atom stereocenters. The second-order valence-corrected chi connectivity index (χ2v) is 8.98. The van der Waals surface area contributed by atoms with Crippen LogP contribution in [0.4, 0.5) is 0 Å². The summed E-state index contributed by atoms with van der Waals surface area (Å²) in [6.07, 6.45) is 2.24. The van der Waals surface area contributed by atoms with E-state index in [2.05, 4.69) is 6.92 Å². The molecule has 0 radical (unpaired) electrons. The van der Waals surface area contributed by atoms with Crippen LogP contribution in [0.5, 0.6) is 0 Å². The van der Waals surface area contributed by atoms with Gasteiger partial charge in [0.25, 0.3) is 0 Å². The highest BCUT2D eigenvalue weighted by Crippen LogP contribution is 2.00. The van der Waals surface area contributed by atoms with Gasteiger partial charge in [0.1, 0.15) is 6.61 Å². The van der Waals surface area contributed by atoms with Crippen LogP contribution in [0.1, 0.15) is 30.1 Å². The van der Waals surface area contributed by atoms with Gasteiger partial charge in [0.05, 0.1) is 131 Å². The normalized spacial score (nSPS) is 11.3. The summed E-state index contributed by atoms with van der Waals surface area (Å²) < 4.78 is 59.6. The third-order valence-electron chi connectivity index (χ3n) is 5.46. The smallest absolute Gasteiger partial charge is 0.338 e. The van der Waals surface area contributed by atoms with Gasteiger partial charge in [0.15, 0.2) is 0 Å². The molecule has 12 heteroatoms. The first-order valence-corrected chi connectivity index (χ1v) is 15.3. The standard InChI is InChI=1S/C31H54O12/c1-2-3-9-33-10-11-34-12-13-35-14-15-36-16-17-37-18-19-38-20-21-39-22-23-40-24-25-41-26-27-42-28-29-43-31(32)30-7-5-4-6-8-30/h4-8H,2-3,9-29H2,1H3. The third-order valence-corrected chi connectivity index (χ3v) is 5.46. The van der Waals surface area contributed by atoms with E-state index in [0.29, 0.717) is 131 Å². The second-order valence-electron chi connectivity index (χ2n) is 8.98. The zero-order chi connectivity index (χ0) is 30.7. The summed E-state index contributed by atoms with van der Waals surface area (Å²) in [4.78, 5) is 11.8. The molecule has 0 fully saturated rings. The quantitative estimate of drug-likeness (QED) is 0.0835. The number of hydrogen-bond acceptors (Lipinski definition) is 12. The van der Waals surface area contributed by atoms with Crippen LogP contribution in [0.15, 0.2) is 30.3 Å². The van der Waals surface area contributed by atoms with Gasteiger partial charge < -0.3 is 52.1 Å². The number of unbranched alkanes of at least 4 members (excludes halogenated alkanes) is 1. The van der Waals surface area contributed by atoms with Crippen molar-refractivity contribution in [3.63, 3.8) is 0 Å². The molecule has 0 spiro atoms. The lowest BCUT2D eigenvalue weighted by Gasteiger charge is -2.09. The Morgan fingerprint density at radius 3 is 1.00 bits per heavy atom. The fourth-order valence-corrected chi connectivity index (χ4v) is 3.18. The number of carbonyl (C=O) groups is 1. The highest BCUT2D eigenvalue weighted by atomic mass is 16.6. The van der Waals surface area contributed by atoms with E-state index in [-0.39, 0.29) is 12.6 Å². The monoisotopic (exact) mass is 618 g/mol. The van der Waals surface area contributed by atoms with E-state index in [9.17, 15) is 4.79 Å². The van der Waals surface area contributed by atoms with Gasteiger partial charge in [-0.3, -0.25) is 0 Å². The molecule has 0 aliphatic carbocycles. The molecule has 0 amide bonds. The van der Waals surface area contributed by atoms with E-state index in [4.69, 9.17) is 52.1 Å². The lowest BCUT2D eigenvalue weighted by atomic mass is 10.2. The van der Waals surface area contributed by atoms with Crippen LogP contribution < -0.4 is 0 Å². The summed E-state index contributed by atoms with van der Waals surface area (Å²) in [5.74, 6) is -0.354. The van der Waals surface area contributed by atoms with E-state index < -0.39 is 0 Å². The van der Waals surface area contributed by atoms with Crippen molar-refractivity contribution in [1.29, 1.82) is 0 Å². The van der Waals surface area contributed by atoms with E-state index in [0.717, 1.165) is 19.4 Å². The largest absolute Gasteiger partial charge is 0.460 e. The molecular formula is C31H54O12. The lowest BCUT2D eigenvalue weighted by Crippen LogP contribution is -2.15. The van der Waals surface area contributed by atoms with Gasteiger partial charge in [-0.25, -0.2) is 4.79 Å². The minimum Gasteiger partial charge on any atom is -0.460 e. The first-order valence-electron chi connectivity index (χ1n) is 15.3. The molecule has 0 unspecified atom stereocenters. The van der Waals surface area contributed by atoms with Crippen molar-refractivity contribution in [3.05, 3.63) is 35.9 Å². The minimum atomic E-state index is -0.354. The van der Waals surface area contributed by atoms with Crippen LogP contribution in [0.3, 0.4) is 0 Å². The van der Waals surface area contributed by atoms with Gasteiger partial charge in [0, 0.05) is 6.61 Å². The molecule has 0 aliphatic heterocycles. The van der Waals surface area contributed by atoms with Crippen molar-refractivity contribution >= 4 is 5.97 Å². The maximum absolute atomic E-state index is 11.8. The number of benzene rings is 1. The average Bonchev–Trinajstić information content (AvgIpc) is 3.03. The predicted octanol–water partition coefficient (Wildman–Crippen LogP) is 2.81. The Labute approximate surface area is 257 Å². The lowest BCUT2D eigenvalue weighted by molar-refractivity contribution is -0.0271. The maximum atomic E-state index is 11.8. The molecule has 0 saturated heterocycles. The van der Waals surface area contributed by atoms with Crippen molar-refractivity contribution in [2.75, 3.05) is 139 Å². The Morgan fingerprint density at radius 2 is 0.698 bits per heavy atom.